The third kappa shape index (κ3) is 2.82. The molecular formula is C10H9ClF2O3. The van der Waals surface area contributed by atoms with Crippen LogP contribution in [0.5, 0.6) is 5.75 Å². The molecule has 0 unspecified atom stereocenters. The number of alkyl halides is 2. The van der Waals surface area contributed by atoms with E-state index in [0.717, 1.165) is 0 Å². The van der Waals surface area contributed by atoms with E-state index in [4.69, 9.17) is 21.4 Å². The monoisotopic (exact) mass is 250 g/mol. The Morgan fingerprint density at radius 1 is 1.56 bits per heavy atom. The highest BCUT2D eigenvalue weighted by Crippen LogP contribution is 2.28. The van der Waals surface area contributed by atoms with Crippen molar-refractivity contribution >= 4 is 17.6 Å². The molecule has 1 N–H and O–H groups in total. The summed E-state index contributed by atoms with van der Waals surface area (Å²) in [6.45, 7) is 0. The molecule has 3 nitrogen and oxygen atoms in total. The van der Waals surface area contributed by atoms with Crippen molar-refractivity contribution in [2.24, 2.45) is 0 Å². The van der Waals surface area contributed by atoms with E-state index in [1.807, 2.05) is 0 Å². The molecule has 0 spiro atoms. The van der Waals surface area contributed by atoms with E-state index < -0.39 is 18.3 Å². The number of benzene rings is 1. The lowest BCUT2D eigenvalue weighted by atomic mass is 10.1. The maximum absolute atomic E-state index is 12.9. The number of rotatable bonds is 4. The average molecular weight is 251 g/mol. The van der Waals surface area contributed by atoms with Crippen molar-refractivity contribution < 1.29 is 23.4 Å². The van der Waals surface area contributed by atoms with E-state index in [9.17, 15) is 13.6 Å². The van der Waals surface area contributed by atoms with Gasteiger partial charge in [0.2, 0.25) is 0 Å². The van der Waals surface area contributed by atoms with Gasteiger partial charge in [-0.1, -0.05) is 17.7 Å². The maximum Gasteiger partial charge on any atom is 0.374 e. The summed E-state index contributed by atoms with van der Waals surface area (Å²) in [6.07, 6.45) is -0.939. The van der Waals surface area contributed by atoms with Crippen LogP contribution in [0.15, 0.2) is 18.2 Å². The number of carbonyl (C=O) groups is 1. The zero-order chi connectivity index (χ0) is 12.3. The fourth-order valence-corrected chi connectivity index (χ4v) is 1.35. The van der Waals surface area contributed by atoms with E-state index in [1.54, 1.807) is 0 Å². The van der Waals surface area contributed by atoms with Crippen LogP contribution in [-0.2, 0) is 11.2 Å². The molecule has 0 saturated carbocycles. The molecule has 0 heterocycles. The minimum absolute atomic E-state index is 0.0558. The van der Waals surface area contributed by atoms with Gasteiger partial charge < -0.3 is 9.84 Å². The summed E-state index contributed by atoms with van der Waals surface area (Å²) < 4.78 is 30.6. The second-order valence-electron chi connectivity index (χ2n) is 3.14. The number of hydrogen-bond donors (Lipinski definition) is 1. The predicted octanol–water partition coefficient (Wildman–Crippen LogP) is 2.61. The number of hydrogen-bond acceptors (Lipinski definition) is 2. The van der Waals surface area contributed by atoms with Crippen LogP contribution < -0.4 is 4.74 Å². The first-order valence-corrected chi connectivity index (χ1v) is 4.68. The highest BCUT2D eigenvalue weighted by molar-refractivity contribution is 6.31. The van der Waals surface area contributed by atoms with Gasteiger partial charge in [0, 0.05) is 11.4 Å². The summed E-state index contributed by atoms with van der Waals surface area (Å²) in [5, 5.41) is 8.33. The fraction of sp³-hybridized carbons (Fsp3) is 0.300. The summed E-state index contributed by atoms with van der Waals surface area (Å²) in [6, 6.07) is 4.12. The molecule has 0 aliphatic heterocycles. The Bertz CT molecular complexity index is 407. The smallest absolute Gasteiger partial charge is 0.374 e. The van der Waals surface area contributed by atoms with Crippen molar-refractivity contribution in [2.45, 2.75) is 12.3 Å². The van der Waals surface area contributed by atoms with Crippen LogP contribution in [0, 0.1) is 0 Å². The molecule has 0 aliphatic carbocycles. The van der Waals surface area contributed by atoms with Crippen LogP contribution in [0.25, 0.3) is 0 Å². The van der Waals surface area contributed by atoms with Gasteiger partial charge in [-0.3, -0.25) is 0 Å². The second-order valence-corrected chi connectivity index (χ2v) is 3.55. The van der Waals surface area contributed by atoms with Gasteiger partial charge in [0.15, 0.2) is 0 Å². The Kier molecular flexibility index (Phi) is 3.70. The summed E-state index contributed by atoms with van der Waals surface area (Å²) in [5.41, 5.74) is 0.0647. The van der Waals surface area contributed by atoms with Gasteiger partial charge in [0.25, 0.3) is 0 Å². The maximum atomic E-state index is 12.9. The topological polar surface area (TPSA) is 46.5 Å². The number of ether oxygens (including phenoxy) is 1. The molecule has 0 saturated heterocycles. The van der Waals surface area contributed by atoms with Gasteiger partial charge in [-0.25, -0.2) is 4.79 Å². The summed E-state index contributed by atoms with van der Waals surface area (Å²) in [5.74, 6) is -5.56. The average Bonchev–Trinajstić information content (AvgIpc) is 2.20. The molecule has 0 radical (unpaired) electrons. The molecule has 0 bridgehead atoms. The molecule has 0 atom stereocenters. The number of aliphatic carboxylic acids is 1. The van der Waals surface area contributed by atoms with Crippen LogP contribution in [0.3, 0.4) is 0 Å². The van der Waals surface area contributed by atoms with Crippen molar-refractivity contribution in [1.29, 1.82) is 0 Å². The van der Waals surface area contributed by atoms with Crippen molar-refractivity contribution in [1.82, 2.24) is 0 Å². The molecule has 16 heavy (non-hydrogen) atoms. The molecule has 6 heteroatoms. The Morgan fingerprint density at radius 3 is 2.62 bits per heavy atom. The van der Waals surface area contributed by atoms with Gasteiger partial charge in [-0.05, 0) is 17.7 Å². The lowest BCUT2D eigenvalue weighted by Gasteiger charge is -2.12. The largest absolute Gasteiger partial charge is 0.497 e. The summed E-state index contributed by atoms with van der Waals surface area (Å²) >= 11 is 5.71. The Labute approximate surface area is 95.6 Å². The zero-order valence-electron chi connectivity index (χ0n) is 8.34. The third-order valence-electron chi connectivity index (χ3n) is 1.99. The van der Waals surface area contributed by atoms with Crippen molar-refractivity contribution in [3.63, 3.8) is 0 Å². The Morgan fingerprint density at radius 2 is 2.19 bits per heavy atom. The number of carboxylic acid groups (broad SMARTS) is 1. The zero-order valence-corrected chi connectivity index (χ0v) is 9.09. The van der Waals surface area contributed by atoms with Gasteiger partial charge in [-0.2, -0.15) is 8.78 Å². The molecule has 0 fully saturated rings. The quantitative estimate of drug-likeness (QED) is 0.894. The fourth-order valence-electron chi connectivity index (χ4n) is 1.11. The van der Waals surface area contributed by atoms with Gasteiger partial charge in [0.05, 0.1) is 7.11 Å². The van der Waals surface area contributed by atoms with Crippen molar-refractivity contribution in [3.05, 3.63) is 28.8 Å². The van der Waals surface area contributed by atoms with Crippen molar-refractivity contribution in [3.8, 4) is 5.75 Å². The van der Waals surface area contributed by atoms with Gasteiger partial charge >= 0.3 is 11.9 Å². The van der Waals surface area contributed by atoms with Crippen LogP contribution >= 0.6 is 11.6 Å². The lowest BCUT2D eigenvalue weighted by molar-refractivity contribution is -0.164. The number of methoxy groups -OCH3 is 1. The Hall–Kier alpha value is -1.36. The lowest BCUT2D eigenvalue weighted by Crippen LogP contribution is -2.30. The highest BCUT2D eigenvalue weighted by Gasteiger charge is 2.39. The van der Waals surface area contributed by atoms with Gasteiger partial charge in [0.1, 0.15) is 5.75 Å². The van der Waals surface area contributed by atoms with E-state index in [2.05, 4.69) is 0 Å². The van der Waals surface area contributed by atoms with Crippen LogP contribution in [0.1, 0.15) is 5.56 Å². The molecule has 0 amide bonds. The first-order valence-electron chi connectivity index (χ1n) is 4.30. The van der Waals surface area contributed by atoms with Crippen LogP contribution in [0.2, 0.25) is 5.02 Å². The molecule has 88 valence electrons. The van der Waals surface area contributed by atoms with Crippen molar-refractivity contribution in [2.75, 3.05) is 7.11 Å². The number of carboxylic acids is 1. The second kappa shape index (κ2) is 4.65. The first-order chi connectivity index (χ1) is 7.36. The Balaban J connectivity index is 2.94. The van der Waals surface area contributed by atoms with E-state index >= 15 is 0 Å². The van der Waals surface area contributed by atoms with E-state index in [1.165, 1.54) is 25.3 Å². The minimum Gasteiger partial charge on any atom is -0.497 e. The predicted molar refractivity (Wildman–Crippen MR) is 54.3 cm³/mol. The highest BCUT2D eigenvalue weighted by atomic mass is 35.5. The summed E-state index contributed by atoms with van der Waals surface area (Å²) in [4.78, 5) is 10.2. The van der Waals surface area contributed by atoms with Gasteiger partial charge in [-0.15, -0.1) is 0 Å². The van der Waals surface area contributed by atoms with E-state index in [0.29, 0.717) is 5.75 Å². The normalized spacial score (nSPS) is 11.2. The SMILES string of the molecule is COc1ccc(CC(F)(F)C(=O)O)c(Cl)c1. The van der Waals surface area contributed by atoms with Crippen LogP contribution in [-0.4, -0.2) is 24.1 Å². The standard InChI is InChI=1S/C10H9ClF2O3/c1-16-7-3-2-6(8(11)4-7)5-10(12,13)9(14)15/h2-4H,5H2,1H3,(H,14,15). The molecular weight excluding hydrogens is 242 g/mol. The summed E-state index contributed by atoms with van der Waals surface area (Å²) in [7, 11) is 1.41. The molecule has 1 rings (SSSR count). The first kappa shape index (κ1) is 12.7. The van der Waals surface area contributed by atoms with Crippen LogP contribution in [0.4, 0.5) is 8.78 Å². The minimum atomic E-state index is -3.82. The molecule has 1 aromatic rings. The molecule has 0 aromatic heterocycles. The molecule has 1 aromatic carbocycles. The third-order valence-corrected chi connectivity index (χ3v) is 2.34. The molecule has 0 aliphatic rings. The van der Waals surface area contributed by atoms with E-state index in [-0.39, 0.29) is 10.6 Å². The number of halogens is 3.